The molecule has 2 rings (SSSR count). The molecule has 0 spiro atoms. The monoisotopic (exact) mass is 403 g/mol. The zero-order valence-electron chi connectivity index (χ0n) is 18.1. The molecular formula is C21H33N5O3. The first-order valence-corrected chi connectivity index (χ1v) is 9.91. The van der Waals surface area contributed by atoms with E-state index >= 15 is 0 Å². The highest BCUT2D eigenvalue weighted by atomic mass is 16.6. The lowest BCUT2D eigenvalue weighted by Gasteiger charge is -2.24. The second-order valence-electron chi connectivity index (χ2n) is 8.34. The van der Waals surface area contributed by atoms with E-state index in [2.05, 4.69) is 15.5 Å². The SMILES string of the molecule is CN(C)C(=O)CNC(=NCc1ccccc1)N1CCC(NC(=O)OC(C)(C)C)C1. The van der Waals surface area contributed by atoms with Crippen LogP contribution in [-0.4, -0.2) is 73.1 Å². The summed E-state index contributed by atoms with van der Waals surface area (Å²) in [5.74, 6) is 0.637. The molecule has 0 bridgehead atoms. The fourth-order valence-corrected chi connectivity index (χ4v) is 2.87. The number of amides is 2. The van der Waals surface area contributed by atoms with Crippen molar-refractivity contribution in [3.8, 4) is 0 Å². The van der Waals surface area contributed by atoms with E-state index in [0.717, 1.165) is 18.5 Å². The normalized spacial score (nSPS) is 17.1. The zero-order chi connectivity index (χ0) is 21.4. The summed E-state index contributed by atoms with van der Waals surface area (Å²) in [7, 11) is 3.45. The summed E-state index contributed by atoms with van der Waals surface area (Å²) < 4.78 is 5.34. The molecule has 1 aromatic rings. The number of hydrogen-bond donors (Lipinski definition) is 2. The third-order valence-electron chi connectivity index (χ3n) is 4.36. The predicted molar refractivity (Wildman–Crippen MR) is 114 cm³/mol. The molecule has 29 heavy (non-hydrogen) atoms. The van der Waals surface area contributed by atoms with Crippen molar-refractivity contribution in [1.82, 2.24) is 20.4 Å². The van der Waals surface area contributed by atoms with Gasteiger partial charge in [-0.15, -0.1) is 0 Å². The molecule has 8 heteroatoms. The van der Waals surface area contributed by atoms with Gasteiger partial charge < -0.3 is 25.2 Å². The maximum atomic E-state index is 12.0. The number of carbonyl (C=O) groups is 2. The lowest BCUT2D eigenvalue weighted by Crippen LogP contribution is -2.46. The smallest absolute Gasteiger partial charge is 0.407 e. The maximum absolute atomic E-state index is 12.0. The fourth-order valence-electron chi connectivity index (χ4n) is 2.87. The number of nitrogens with zero attached hydrogens (tertiary/aromatic N) is 3. The van der Waals surface area contributed by atoms with Crippen LogP contribution in [0.25, 0.3) is 0 Å². The van der Waals surface area contributed by atoms with Crippen LogP contribution < -0.4 is 10.6 Å². The molecule has 1 atom stereocenters. The Balaban J connectivity index is 2.00. The minimum atomic E-state index is -0.529. The first kappa shape index (κ1) is 22.5. The van der Waals surface area contributed by atoms with Crippen LogP contribution in [0.3, 0.4) is 0 Å². The Bertz CT molecular complexity index is 713. The van der Waals surface area contributed by atoms with Gasteiger partial charge in [0.15, 0.2) is 5.96 Å². The Morgan fingerprint density at radius 2 is 1.93 bits per heavy atom. The van der Waals surface area contributed by atoms with E-state index in [1.54, 1.807) is 19.0 Å². The first-order chi connectivity index (χ1) is 13.6. The zero-order valence-corrected chi connectivity index (χ0v) is 18.1. The van der Waals surface area contributed by atoms with Crippen molar-refractivity contribution in [2.75, 3.05) is 33.7 Å². The van der Waals surface area contributed by atoms with Crippen LogP contribution in [0.1, 0.15) is 32.8 Å². The van der Waals surface area contributed by atoms with Crippen LogP contribution in [0, 0.1) is 0 Å². The number of carbonyl (C=O) groups excluding carboxylic acids is 2. The number of likely N-dealkylation sites (tertiary alicyclic amines) is 1. The molecule has 1 fully saturated rings. The van der Waals surface area contributed by atoms with Gasteiger partial charge in [-0.05, 0) is 32.8 Å². The van der Waals surface area contributed by atoms with Crippen LogP contribution in [0.4, 0.5) is 4.79 Å². The lowest BCUT2D eigenvalue weighted by atomic mass is 10.2. The van der Waals surface area contributed by atoms with E-state index in [1.807, 2.05) is 51.1 Å². The Kier molecular flexibility index (Phi) is 7.87. The van der Waals surface area contributed by atoms with E-state index in [-0.39, 0.29) is 18.5 Å². The maximum Gasteiger partial charge on any atom is 0.407 e. The van der Waals surface area contributed by atoms with Crippen molar-refractivity contribution < 1.29 is 14.3 Å². The molecule has 0 aliphatic carbocycles. The molecule has 0 radical (unpaired) electrons. The van der Waals surface area contributed by atoms with Crippen LogP contribution in [0.15, 0.2) is 35.3 Å². The Hall–Kier alpha value is -2.77. The Labute approximate surface area is 173 Å². The highest BCUT2D eigenvalue weighted by Crippen LogP contribution is 2.12. The molecule has 1 aliphatic heterocycles. The molecule has 160 valence electrons. The van der Waals surface area contributed by atoms with Gasteiger partial charge in [-0.2, -0.15) is 0 Å². The average Bonchev–Trinajstić information content (AvgIpc) is 3.08. The van der Waals surface area contributed by atoms with E-state index in [1.165, 1.54) is 0 Å². The van der Waals surface area contributed by atoms with Crippen molar-refractivity contribution in [2.45, 2.75) is 45.4 Å². The standard InChI is InChI=1S/C21H33N5O3/c1-21(2,3)29-20(28)24-17-11-12-26(15-17)19(23-14-18(27)25(4)5)22-13-16-9-7-6-8-10-16/h6-10,17H,11-15H2,1-5H3,(H,22,23)(H,24,28). The van der Waals surface area contributed by atoms with Gasteiger partial charge in [0.2, 0.25) is 5.91 Å². The van der Waals surface area contributed by atoms with Crippen LogP contribution >= 0.6 is 0 Å². The van der Waals surface area contributed by atoms with Gasteiger partial charge in [0.25, 0.3) is 0 Å². The minimum Gasteiger partial charge on any atom is -0.444 e. The topological polar surface area (TPSA) is 86.3 Å². The third-order valence-corrected chi connectivity index (χ3v) is 4.36. The molecule has 1 unspecified atom stereocenters. The molecule has 1 heterocycles. The Morgan fingerprint density at radius 1 is 1.24 bits per heavy atom. The highest BCUT2D eigenvalue weighted by Gasteiger charge is 2.28. The van der Waals surface area contributed by atoms with Gasteiger partial charge in [-0.1, -0.05) is 30.3 Å². The number of aliphatic imine (C=N–C) groups is 1. The molecule has 0 saturated carbocycles. The quantitative estimate of drug-likeness (QED) is 0.579. The van der Waals surface area contributed by atoms with Gasteiger partial charge in [0, 0.05) is 27.2 Å². The second kappa shape index (κ2) is 10.1. The summed E-state index contributed by atoms with van der Waals surface area (Å²) in [5, 5.41) is 6.08. The van der Waals surface area contributed by atoms with Crippen LogP contribution in [0.2, 0.25) is 0 Å². The number of guanidine groups is 1. The van der Waals surface area contributed by atoms with Crippen LogP contribution in [-0.2, 0) is 16.1 Å². The van der Waals surface area contributed by atoms with E-state index in [0.29, 0.717) is 19.0 Å². The van der Waals surface area contributed by atoms with Crippen molar-refractivity contribution in [3.63, 3.8) is 0 Å². The highest BCUT2D eigenvalue weighted by molar-refractivity contribution is 5.86. The number of hydrogen-bond acceptors (Lipinski definition) is 4. The van der Waals surface area contributed by atoms with Gasteiger partial charge in [-0.25, -0.2) is 9.79 Å². The summed E-state index contributed by atoms with van der Waals surface area (Å²) >= 11 is 0. The molecular weight excluding hydrogens is 370 g/mol. The average molecular weight is 404 g/mol. The lowest BCUT2D eigenvalue weighted by molar-refractivity contribution is -0.127. The second-order valence-corrected chi connectivity index (χ2v) is 8.34. The molecule has 2 amide bonds. The fraction of sp³-hybridized carbons (Fsp3) is 0.571. The first-order valence-electron chi connectivity index (χ1n) is 9.91. The summed E-state index contributed by atoms with van der Waals surface area (Å²) in [6.45, 7) is 7.54. The van der Waals surface area contributed by atoms with Crippen molar-refractivity contribution >= 4 is 18.0 Å². The number of benzene rings is 1. The molecule has 0 aromatic heterocycles. The summed E-state index contributed by atoms with van der Waals surface area (Å²) in [6, 6.07) is 9.92. The summed E-state index contributed by atoms with van der Waals surface area (Å²) in [5.41, 5.74) is 0.562. The number of nitrogens with one attached hydrogen (secondary N) is 2. The van der Waals surface area contributed by atoms with Crippen molar-refractivity contribution in [2.24, 2.45) is 4.99 Å². The third kappa shape index (κ3) is 8.01. The van der Waals surface area contributed by atoms with Gasteiger partial charge in [0.1, 0.15) is 5.60 Å². The van der Waals surface area contributed by atoms with E-state index in [4.69, 9.17) is 9.73 Å². The number of rotatable bonds is 5. The van der Waals surface area contributed by atoms with Crippen molar-refractivity contribution in [1.29, 1.82) is 0 Å². The molecule has 1 saturated heterocycles. The van der Waals surface area contributed by atoms with Crippen LogP contribution in [0.5, 0.6) is 0 Å². The molecule has 8 nitrogen and oxygen atoms in total. The predicted octanol–water partition coefficient (Wildman–Crippen LogP) is 1.82. The van der Waals surface area contributed by atoms with E-state index < -0.39 is 11.7 Å². The summed E-state index contributed by atoms with van der Waals surface area (Å²) in [6.07, 6.45) is 0.371. The number of alkyl carbamates (subject to hydrolysis) is 1. The number of likely N-dealkylation sites (N-methyl/N-ethyl adjacent to an activating group) is 1. The molecule has 1 aromatic carbocycles. The van der Waals surface area contributed by atoms with Gasteiger partial charge >= 0.3 is 6.09 Å². The van der Waals surface area contributed by atoms with E-state index in [9.17, 15) is 9.59 Å². The minimum absolute atomic E-state index is 0.0277. The van der Waals surface area contributed by atoms with Crippen molar-refractivity contribution in [3.05, 3.63) is 35.9 Å². The molecule has 2 N–H and O–H groups in total. The number of ether oxygens (including phenoxy) is 1. The summed E-state index contributed by atoms with van der Waals surface area (Å²) in [4.78, 5) is 32.3. The Morgan fingerprint density at radius 3 is 2.55 bits per heavy atom. The van der Waals surface area contributed by atoms with Gasteiger partial charge in [0.05, 0.1) is 19.1 Å². The molecule has 1 aliphatic rings. The largest absolute Gasteiger partial charge is 0.444 e. The van der Waals surface area contributed by atoms with Gasteiger partial charge in [-0.3, -0.25) is 4.79 Å².